The van der Waals surface area contributed by atoms with Crippen LogP contribution in [0.25, 0.3) is 11.3 Å². The fraction of sp³-hybridized carbons (Fsp3) is 0.167. The molecule has 0 saturated heterocycles. The second kappa shape index (κ2) is 4.69. The van der Waals surface area contributed by atoms with Crippen LogP contribution in [0.3, 0.4) is 0 Å². The predicted molar refractivity (Wildman–Crippen MR) is 64.9 cm³/mol. The Kier molecular flexibility index (Phi) is 3.09. The monoisotopic (exact) mass is 231 g/mol. The summed E-state index contributed by atoms with van der Waals surface area (Å²) in [6.45, 7) is 0. The van der Waals surface area contributed by atoms with Gasteiger partial charge in [-0.3, -0.25) is 9.48 Å². The van der Waals surface area contributed by atoms with Gasteiger partial charge in [0.25, 0.3) is 0 Å². The summed E-state index contributed by atoms with van der Waals surface area (Å²) < 4.78 is 7.05. The summed E-state index contributed by atoms with van der Waals surface area (Å²) in [5, 5.41) is 6.73. The second-order valence-electron chi connectivity index (χ2n) is 3.52. The van der Waals surface area contributed by atoms with Gasteiger partial charge in [-0.15, -0.1) is 0 Å². The number of rotatable bonds is 4. The number of ether oxygens (including phenoxy) is 1. The Morgan fingerprint density at radius 1 is 1.41 bits per heavy atom. The predicted octanol–water partition coefficient (Wildman–Crippen LogP) is 1.66. The van der Waals surface area contributed by atoms with Gasteiger partial charge in [0, 0.05) is 24.5 Å². The standard InChI is InChI=1S/C12H13N3O2/c1-15-11(5-6-14-15)10-7-9(13-8-16)3-4-12(10)17-2/h3-8H,1-2H3,(H,13,16). The van der Waals surface area contributed by atoms with Crippen LogP contribution in [0.1, 0.15) is 0 Å². The molecule has 0 atom stereocenters. The molecule has 0 aliphatic heterocycles. The van der Waals surface area contributed by atoms with Crippen molar-refractivity contribution in [3.8, 4) is 17.0 Å². The van der Waals surface area contributed by atoms with Crippen LogP contribution in [0.2, 0.25) is 0 Å². The maximum Gasteiger partial charge on any atom is 0.211 e. The quantitative estimate of drug-likeness (QED) is 0.814. The molecule has 0 fully saturated rings. The molecule has 2 aromatic rings. The number of carbonyl (C=O) groups is 1. The number of amides is 1. The van der Waals surface area contributed by atoms with Crippen LogP contribution in [0.15, 0.2) is 30.5 Å². The third-order valence-electron chi connectivity index (χ3n) is 2.52. The lowest BCUT2D eigenvalue weighted by Crippen LogP contribution is -1.98. The summed E-state index contributed by atoms with van der Waals surface area (Å²) in [7, 11) is 3.47. The minimum Gasteiger partial charge on any atom is -0.496 e. The Balaban J connectivity index is 2.53. The fourth-order valence-corrected chi connectivity index (χ4v) is 1.70. The average Bonchev–Trinajstić information content (AvgIpc) is 2.76. The molecule has 1 amide bonds. The van der Waals surface area contributed by atoms with Crippen molar-refractivity contribution in [2.75, 3.05) is 12.4 Å². The normalized spacial score (nSPS) is 10.0. The van der Waals surface area contributed by atoms with Crippen molar-refractivity contribution >= 4 is 12.1 Å². The number of anilines is 1. The van der Waals surface area contributed by atoms with E-state index in [0.29, 0.717) is 6.41 Å². The summed E-state index contributed by atoms with van der Waals surface area (Å²) in [6.07, 6.45) is 2.36. The molecule has 5 heteroatoms. The molecule has 0 aliphatic rings. The summed E-state index contributed by atoms with van der Waals surface area (Å²) in [5.41, 5.74) is 2.53. The van der Waals surface area contributed by atoms with Crippen LogP contribution in [0.5, 0.6) is 5.75 Å². The number of methoxy groups -OCH3 is 1. The molecule has 1 heterocycles. The number of aryl methyl sites for hydroxylation is 1. The minimum atomic E-state index is 0.648. The van der Waals surface area contributed by atoms with Crippen molar-refractivity contribution in [3.63, 3.8) is 0 Å². The van der Waals surface area contributed by atoms with Crippen molar-refractivity contribution in [2.45, 2.75) is 0 Å². The van der Waals surface area contributed by atoms with Gasteiger partial charge in [0.1, 0.15) is 5.75 Å². The first-order chi connectivity index (χ1) is 8.26. The van der Waals surface area contributed by atoms with E-state index in [0.717, 1.165) is 22.7 Å². The van der Waals surface area contributed by atoms with Gasteiger partial charge in [-0.1, -0.05) is 0 Å². The van der Waals surface area contributed by atoms with Crippen molar-refractivity contribution in [2.24, 2.45) is 7.05 Å². The van der Waals surface area contributed by atoms with Crippen molar-refractivity contribution in [3.05, 3.63) is 30.5 Å². The van der Waals surface area contributed by atoms with Crippen LogP contribution in [0.4, 0.5) is 5.69 Å². The van der Waals surface area contributed by atoms with E-state index >= 15 is 0 Å². The van der Waals surface area contributed by atoms with Crippen LogP contribution in [-0.2, 0) is 11.8 Å². The number of nitrogens with zero attached hydrogens (tertiary/aromatic N) is 2. The number of nitrogens with one attached hydrogen (secondary N) is 1. The van der Waals surface area contributed by atoms with Crippen LogP contribution in [-0.4, -0.2) is 23.3 Å². The third-order valence-corrected chi connectivity index (χ3v) is 2.52. The highest BCUT2D eigenvalue weighted by molar-refractivity contribution is 5.78. The molecule has 0 aliphatic carbocycles. The number of benzene rings is 1. The number of hydrogen-bond donors (Lipinski definition) is 1. The summed E-state index contributed by atoms with van der Waals surface area (Å²) >= 11 is 0. The molecule has 0 radical (unpaired) electrons. The molecule has 17 heavy (non-hydrogen) atoms. The molecular formula is C12H13N3O2. The van der Waals surface area contributed by atoms with Crippen LogP contribution in [0, 0.1) is 0 Å². The zero-order chi connectivity index (χ0) is 12.3. The highest BCUT2D eigenvalue weighted by Gasteiger charge is 2.10. The maximum absolute atomic E-state index is 10.4. The zero-order valence-corrected chi connectivity index (χ0v) is 9.68. The van der Waals surface area contributed by atoms with Gasteiger partial charge in [0.2, 0.25) is 6.41 Å². The molecule has 5 nitrogen and oxygen atoms in total. The fourth-order valence-electron chi connectivity index (χ4n) is 1.70. The first-order valence-corrected chi connectivity index (χ1v) is 5.13. The van der Waals surface area contributed by atoms with Crippen molar-refractivity contribution < 1.29 is 9.53 Å². The highest BCUT2D eigenvalue weighted by atomic mass is 16.5. The molecule has 1 aromatic carbocycles. The SMILES string of the molecule is COc1ccc(NC=O)cc1-c1ccnn1C. The number of hydrogen-bond acceptors (Lipinski definition) is 3. The zero-order valence-electron chi connectivity index (χ0n) is 9.68. The lowest BCUT2D eigenvalue weighted by Gasteiger charge is -2.10. The van der Waals surface area contributed by atoms with Crippen LogP contribution < -0.4 is 10.1 Å². The van der Waals surface area contributed by atoms with E-state index in [1.807, 2.05) is 25.2 Å². The molecule has 88 valence electrons. The Morgan fingerprint density at radius 3 is 2.82 bits per heavy atom. The Hall–Kier alpha value is -2.30. The molecule has 0 unspecified atom stereocenters. The van der Waals surface area contributed by atoms with Gasteiger partial charge in [-0.2, -0.15) is 5.10 Å². The third kappa shape index (κ3) is 2.13. The van der Waals surface area contributed by atoms with Gasteiger partial charge < -0.3 is 10.1 Å². The molecule has 1 N–H and O–H groups in total. The Labute approximate surface area is 99.0 Å². The molecule has 0 spiro atoms. The van der Waals surface area contributed by atoms with Gasteiger partial charge in [0.05, 0.1) is 12.8 Å². The van der Waals surface area contributed by atoms with Crippen molar-refractivity contribution in [1.82, 2.24) is 9.78 Å². The van der Waals surface area contributed by atoms with Gasteiger partial charge in [0.15, 0.2) is 0 Å². The first kappa shape index (κ1) is 11.2. The summed E-state index contributed by atoms with van der Waals surface area (Å²) in [5.74, 6) is 0.741. The number of aromatic nitrogens is 2. The van der Waals surface area contributed by atoms with E-state index in [1.165, 1.54) is 0 Å². The highest BCUT2D eigenvalue weighted by Crippen LogP contribution is 2.31. The van der Waals surface area contributed by atoms with E-state index in [9.17, 15) is 4.79 Å². The van der Waals surface area contributed by atoms with Crippen molar-refractivity contribution in [1.29, 1.82) is 0 Å². The Morgan fingerprint density at radius 2 is 2.24 bits per heavy atom. The minimum absolute atomic E-state index is 0.648. The lowest BCUT2D eigenvalue weighted by molar-refractivity contribution is -0.105. The van der Waals surface area contributed by atoms with E-state index in [4.69, 9.17) is 4.74 Å². The molecule has 1 aromatic heterocycles. The van der Waals surface area contributed by atoms with Gasteiger partial charge in [-0.05, 0) is 24.3 Å². The second-order valence-corrected chi connectivity index (χ2v) is 3.52. The molecule has 0 saturated carbocycles. The number of carbonyl (C=O) groups excluding carboxylic acids is 1. The van der Waals surface area contributed by atoms with E-state index in [2.05, 4.69) is 10.4 Å². The van der Waals surface area contributed by atoms with Crippen LogP contribution >= 0.6 is 0 Å². The summed E-state index contributed by atoms with van der Waals surface area (Å²) in [4.78, 5) is 10.4. The van der Waals surface area contributed by atoms with E-state index in [-0.39, 0.29) is 0 Å². The van der Waals surface area contributed by atoms with Gasteiger partial charge >= 0.3 is 0 Å². The van der Waals surface area contributed by atoms with Gasteiger partial charge in [-0.25, -0.2) is 0 Å². The first-order valence-electron chi connectivity index (χ1n) is 5.13. The largest absolute Gasteiger partial charge is 0.496 e. The maximum atomic E-state index is 10.4. The topological polar surface area (TPSA) is 56.1 Å². The molecule has 0 bridgehead atoms. The van der Waals surface area contributed by atoms with E-state index < -0.39 is 0 Å². The van der Waals surface area contributed by atoms with E-state index in [1.54, 1.807) is 24.1 Å². The molecule has 2 rings (SSSR count). The molecular weight excluding hydrogens is 218 g/mol. The smallest absolute Gasteiger partial charge is 0.211 e. The summed E-state index contributed by atoms with van der Waals surface area (Å²) in [6, 6.07) is 7.34. The average molecular weight is 231 g/mol. The Bertz CT molecular complexity index is 534. The lowest BCUT2D eigenvalue weighted by atomic mass is 10.1.